The topological polar surface area (TPSA) is 81.8 Å². The van der Waals surface area contributed by atoms with E-state index in [4.69, 9.17) is 0 Å². The highest BCUT2D eigenvalue weighted by atomic mass is 32.1. The first-order valence-electron chi connectivity index (χ1n) is 9.22. The molecular formula is C20H24N4O3S. The minimum atomic E-state index is -0.137. The quantitative estimate of drug-likeness (QED) is 0.776. The highest BCUT2D eigenvalue weighted by molar-refractivity contribution is 7.08. The highest BCUT2D eigenvalue weighted by Gasteiger charge is 2.22. The van der Waals surface area contributed by atoms with Gasteiger partial charge in [0.05, 0.1) is 0 Å². The smallest absolute Gasteiger partial charge is 0.253 e. The summed E-state index contributed by atoms with van der Waals surface area (Å²) in [6, 6.07) is 8.76. The van der Waals surface area contributed by atoms with E-state index in [-0.39, 0.29) is 17.7 Å². The number of nitrogens with zero attached hydrogens (tertiary/aromatic N) is 2. The predicted molar refractivity (Wildman–Crippen MR) is 110 cm³/mol. The molecule has 1 aliphatic rings. The molecule has 28 heavy (non-hydrogen) atoms. The summed E-state index contributed by atoms with van der Waals surface area (Å²) in [5.41, 5.74) is 1.99. The molecule has 0 atom stereocenters. The lowest BCUT2D eigenvalue weighted by molar-refractivity contribution is -0.114. The minimum absolute atomic E-state index is 0.000199. The summed E-state index contributed by atoms with van der Waals surface area (Å²) >= 11 is 1.51. The third kappa shape index (κ3) is 5.40. The van der Waals surface area contributed by atoms with Gasteiger partial charge in [-0.1, -0.05) is 0 Å². The summed E-state index contributed by atoms with van der Waals surface area (Å²) in [7, 11) is 0. The van der Waals surface area contributed by atoms with Crippen molar-refractivity contribution in [2.24, 2.45) is 0 Å². The molecule has 0 bridgehead atoms. The molecule has 3 rings (SSSR count). The molecule has 0 spiro atoms. The molecular weight excluding hydrogens is 376 g/mol. The van der Waals surface area contributed by atoms with E-state index in [1.807, 2.05) is 21.7 Å². The van der Waals surface area contributed by atoms with E-state index in [0.717, 1.165) is 19.6 Å². The van der Waals surface area contributed by atoms with Crippen LogP contribution in [-0.4, -0.2) is 66.8 Å². The Kier molecular flexibility index (Phi) is 6.78. The molecule has 1 saturated heterocycles. The van der Waals surface area contributed by atoms with E-state index in [1.165, 1.54) is 18.3 Å². The average molecular weight is 401 g/mol. The fraction of sp³-hybridized carbons (Fsp3) is 0.350. The van der Waals surface area contributed by atoms with Gasteiger partial charge in [-0.2, -0.15) is 11.3 Å². The fourth-order valence-electron chi connectivity index (χ4n) is 3.08. The summed E-state index contributed by atoms with van der Waals surface area (Å²) in [6.07, 6.45) is 0. The highest BCUT2D eigenvalue weighted by Crippen LogP contribution is 2.13. The predicted octanol–water partition coefficient (Wildman–Crippen LogP) is 1.89. The standard InChI is InChI=1S/C20H24N4O3S/c1-15(25)22-18-4-2-16(3-5-18)20(27)24-11-9-23(10-12-24)8-7-21-19(26)17-6-13-28-14-17/h2-6,13-14H,7-12H2,1H3,(H,21,26)(H,22,25). The van der Waals surface area contributed by atoms with E-state index >= 15 is 0 Å². The minimum Gasteiger partial charge on any atom is -0.351 e. The van der Waals surface area contributed by atoms with Crippen LogP contribution in [0.5, 0.6) is 0 Å². The molecule has 7 nitrogen and oxygen atoms in total. The lowest BCUT2D eigenvalue weighted by Gasteiger charge is -2.34. The maximum absolute atomic E-state index is 12.6. The van der Waals surface area contributed by atoms with Gasteiger partial charge in [0.1, 0.15) is 0 Å². The second-order valence-corrected chi connectivity index (χ2v) is 7.44. The van der Waals surface area contributed by atoms with Crippen LogP contribution in [0.1, 0.15) is 27.6 Å². The van der Waals surface area contributed by atoms with Crippen LogP contribution in [-0.2, 0) is 4.79 Å². The maximum Gasteiger partial charge on any atom is 0.253 e. The number of carbonyl (C=O) groups excluding carboxylic acids is 3. The number of hydrogen-bond acceptors (Lipinski definition) is 5. The van der Waals surface area contributed by atoms with E-state index in [2.05, 4.69) is 15.5 Å². The van der Waals surface area contributed by atoms with Gasteiger partial charge in [-0.05, 0) is 35.7 Å². The molecule has 0 unspecified atom stereocenters. The SMILES string of the molecule is CC(=O)Nc1ccc(C(=O)N2CCN(CCNC(=O)c3ccsc3)CC2)cc1. The number of rotatable bonds is 6. The van der Waals surface area contributed by atoms with Crippen molar-refractivity contribution < 1.29 is 14.4 Å². The molecule has 148 valence electrons. The summed E-state index contributed by atoms with van der Waals surface area (Å²) < 4.78 is 0. The van der Waals surface area contributed by atoms with Gasteiger partial charge in [0.25, 0.3) is 11.8 Å². The van der Waals surface area contributed by atoms with Crippen molar-refractivity contribution in [2.75, 3.05) is 44.6 Å². The van der Waals surface area contributed by atoms with E-state index in [9.17, 15) is 14.4 Å². The molecule has 1 fully saturated rings. The Hall–Kier alpha value is -2.71. The second-order valence-electron chi connectivity index (χ2n) is 6.66. The summed E-state index contributed by atoms with van der Waals surface area (Å²) in [5.74, 6) is -0.181. The molecule has 0 radical (unpaired) electrons. The van der Waals surface area contributed by atoms with Crippen molar-refractivity contribution in [3.8, 4) is 0 Å². The Morgan fingerprint density at radius 1 is 1.00 bits per heavy atom. The molecule has 1 aliphatic heterocycles. The van der Waals surface area contributed by atoms with Gasteiger partial charge in [0.2, 0.25) is 5.91 Å². The molecule has 1 aromatic heterocycles. The lowest BCUT2D eigenvalue weighted by atomic mass is 10.1. The van der Waals surface area contributed by atoms with Crippen LogP contribution in [0, 0.1) is 0 Å². The summed E-state index contributed by atoms with van der Waals surface area (Å²) in [6.45, 7) is 5.69. The first-order valence-corrected chi connectivity index (χ1v) is 10.2. The van der Waals surface area contributed by atoms with Crippen molar-refractivity contribution >= 4 is 34.7 Å². The van der Waals surface area contributed by atoms with E-state index in [0.29, 0.717) is 36.4 Å². The number of hydrogen-bond donors (Lipinski definition) is 2. The number of benzene rings is 1. The first-order chi connectivity index (χ1) is 13.5. The third-order valence-corrected chi connectivity index (χ3v) is 5.29. The van der Waals surface area contributed by atoms with Crippen molar-refractivity contribution in [1.29, 1.82) is 0 Å². The van der Waals surface area contributed by atoms with Crippen LogP contribution in [0.25, 0.3) is 0 Å². The van der Waals surface area contributed by atoms with Gasteiger partial charge in [-0.3, -0.25) is 19.3 Å². The fourth-order valence-corrected chi connectivity index (χ4v) is 3.72. The Balaban J connectivity index is 1.41. The number of anilines is 1. The molecule has 8 heteroatoms. The Labute approximate surface area is 168 Å². The van der Waals surface area contributed by atoms with Gasteiger partial charge in [0.15, 0.2) is 0 Å². The van der Waals surface area contributed by atoms with Crippen molar-refractivity contribution in [2.45, 2.75) is 6.92 Å². The number of piperazine rings is 1. The molecule has 0 saturated carbocycles. The molecule has 1 aromatic carbocycles. The van der Waals surface area contributed by atoms with Crippen LogP contribution in [0.15, 0.2) is 41.1 Å². The third-order valence-electron chi connectivity index (χ3n) is 4.61. The van der Waals surface area contributed by atoms with Crippen molar-refractivity contribution in [1.82, 2.24) is 15.1 Å². The van der Waals surface area contributed by atoms with Crippen LogP contribution in [0.4, 0.5) is 5.69 Å². The molecule has 2 heterocycles. The Morgan fingerprint density at radius 3 is 2.32 bits per heavy atom. The van der Waals surface area contributed by atoms with Crippen LogP contribution in [0.3, 0.4) is 0 Å². The second kappa shape index (κ2) is 9.48. The van der Waals surface area contributed by atoms with E-state index in [1.54, 1.807) is 24.3 Å². The molecule has 2 aromatic rings. The Bertz CT molecular complexity index is 812. The normalized spacial score (nSPS) is 14.5. The van der Waals surface area contributed by atoms with Crippen LogP contribution >= 0.6 is 11.3 Å². The number of amides is 3. The van der Waals surface area contributed by atoms with E-state index < -0.39 is 0 Å². The van der Waals surface area contributed by atoms with Gasteiger partial charge >= 0.3 is 0 Å². The van der Waals surface area contributed by atoms with Crippen molar-refractivity contribution in [3.05, 3.63) is 52.2 Å². The first kappa shape index (κ1) is 20.0. The van der Waals surface area contributed by atoms with Gasteiger partial charge in [0, 0.05) is 68.4 Å². The summed E-state index contributed by atoms with van der Waals surface area (Å²) in [5, 5.41) is 9.34. The maximum atomic E-state index is 12.6. The zero-order valence-corrected chi connectivity index (χ0v) is 16.6. The van der Waals surface area contributed by atoms with Gasteiger partial charge in [-0.15, -0.1) is 0 Å². The average Bonchev–Trinajstić information content (AvgIpc) is 3.23. The monoisotopic (exact) mass is 400 g/mol. The van der Waals surface area contributed by atoms with Crippen molar-refractivity contribution in [3.63, 3.8) is 0 Å². The number of thiophene rings is 1. The zero-order valence-electron chi connectivity index (χ0n) is 15.8. The lowest BCUT2D eigenvalue weighted by Crippen LogP contribution is -2.50. The largest absolute Gasteiger partial charge is 0.351 e. The molecule has 0 aliphatic carbocycles. The number of nitrogens with one attached hydrogen (secondary N) is 2. The number of carbonyl (C=O) groups is 3. The van der Waals surface area contributed by atoms with Gasteiger partial charge < -0.3 is 15.5 Å². The Morgan fingerprint density at radius 2 is 1.71 bits per heavy atom. The van der Waals surface area contributed by atoms with Crippen LogP contribution in [0.2, 0.25) is 0 Å². The zero-order chi connectivity index (χ0) is 19.9. The summed E-state index contributed by atoms with van der Waals surface area (Å²) in [4.78, 5) is 39.7. The van der Waals surface area contributed by atoms with Crippen LogP contribution < -0.4 is 10.6 Å². The van der Waals surface area contributed by atoms with Gasteiger partial charge in [-0.25, -0.2) is 0 Å². The molecule has 3 amide bonds. The molecule has 2 N–H and O–H groups in total.